The fraction of sp³-hybridized carbons (Fsp3) is 0.538. The van der Waals surface area contributed by atoms with Crippen molar-refractivity contribution in [2.24, 2.45) is 0 Å². The van der Waals surface area contributed by atoms with E-state index in [1.165, 1.54) is 11.3 Å². The maximum absolute atomic E-state index is 12.2. The molecule has 0 bridgehead atoms. The molecule has 1 aromatic rings. The third-order valence-corrected chi connectivity index (χ3v) is 3.99. The largest absolute Gasteiger partial charge is 0.479 e. The van der Waals surface area contributed by atoms with E-state index in [-0.39, 0.29) is 18.2 Å². The van der Waals surface area contributed by atoms with Gasteiger partial charge >= 0.3 is 12.0 Å². The minimum absolute atomic E-state index is 0.0467. The molecule has 110 valence electrons. The molecule has 0 spiro atoms. The van der Waals surface area contributed by atoms with Gasteiger partial charge in [-0.1, -0.05) is 6.07 Å². The van der Waals surface area contributed by atoms with Crippen LogP contribution >= 0.6 is 11.3 Å². The van der Waals surface area contributed by atoms with E-state index in [1.807, 2.05) is 13.8 Å². The molecule has 3 atom stereocenters. The molecule has 0 aromatic carbocycles. The molecule has 0 saturated carbocycles. The zero-order chi connectivity index (χ0) is 14.7. The van der Waals surface area contributed by atoms with E-state index in [0.717, 1.165) is 0 Å². The van der Waals surface area contributed by atoms with Gasteiger partial charge in [0.15, 0.2) is 6.04 Å². The molecule has 7 heteroatoms. The SMILES string of the molecule is CC1CN(C(=O)NC(C(=O)O)c2cccs2)CC(C)O1. The molecule has 0 aliphatic carbocycles. The first kappa shape index (κ1) is 14.8. The first-order valence-electron chi connectivity index (χ1n) is 6.44. The number of carboxylic acid groups (broad SMARTS) is 1. The summed E-state index contributed by atoms with van der Waals surface area (Å²) in [6.45, 7) is 4.72. The van der Waals surface area contributed by atoms with Gasteiger partial charge in [-0.15, -0.1) is 11.3 Å². The standard InChI is InChI=1S/C13H18N2O4S/c1-8-6-15(7-9(2)19-8)13(18)14-11(12(16)17)10-4-3-5-20-10/h3-5,8-9,11H,6-7H2,1-2H3,(H,14,18)(H,16,17). The van der Waals surface area contributed by atoms with Crippen molar-refractivity contribution in [3.05, 3.63) is 22.4 Å². The summed E-state index contributed by atoms with van der Waals surface area (Å²) in [6, 6.07) is 2.10. The lowest BCUT2D eigenvalue weighted by Crippen LogP contribution is -2.52. The van der Waals surface area contributed by atoms with E-state index in [4.69, 9.17) is 4.74 Å². The topological polar surface area (TPSA) is 78.9 Å². The summed E-state index contributed by atoms with van der Waals surface area (Å²) < 4.78 is 5.56. The monoisotopic (exact) mass is 298 g/mol. The lowest BCUT2D eigenvalue weighted by Gasteiger charge is -2.35. The van der Waals surface area contributed by atoms with Gasteiger partial charge < -0.3 is 20.1 Å². The number of thiophene rings is 1. The van der Waals surface area contributed by atoms with Crippen molar-refractivity contribution in [3.63, 3.8) is 0 Å². The third kappa shape index (κ3) is 3.49. The number of hydrogen-bond acceptors (Lipinski definition) is 4. The molecular formula is C13H18N2O4S. The van der Waals surface area contributed by atoms with Gasteiger partial charge in [-0.2, -0.15) is 0 Å². The lowest BCUT2D eigenvalue weighted by atomic mass is 10.2. The minimum atomic E-state index is -1.06. The number of nitrogens with one attached hydrogen (secondary N) is 1. The van der Waals surface area contributed by atoms with Crippen molar-refractivity contribution in [2.75, 3.05) is 13.1 Å². The van der Waals surface area contributed by atoms with Crippen LogP contribution in [0, 0.1) is 0 Å². The number of nitrogens with zero attached hydrogens (tertiary/aromatic N) is 1. The van der Waals surface area contributed by atoms with E-state index in [2.05, 4.69) is 5.32 Å². The van der Waals surface area contributed by atoms with Gasteiger partial charge in [0.1, 0.15) is 0 Å². The van der Waals surface area contributed by atoms with Gasteiger partial charge in [0.25, 0.3) is 0 Å². The van der Waals surface area contributed by atoms with Gasteiger partial charge in [-0.25, -0.2) is 9.59 Å². The molecule has 2 heterocycles. The Balaban J connectivity index is 2.03. The van der Waals surface area contributed by atoms with Crippen LogP contribution in [0.5, 0.6) is 0 Å². The van der Waals surface area contributed by atoms with Gasteiger partial charge in [-0.05, 0) is 25.3 Å². The Labute approximate surface area is 121 Å². The van der Waals surface area contributed by atoms with Crippen LogP contribution in [0.1, 0.15) is 24.8 Å². The number of carbonyl (C=O) groups excluding carboxylic acids is 1. The zero-order valence-corrected chi connectivity index (χ0v) is 12.2. The average molecular weight is 298 g/mol. The smallest absolute Gasteiger partial charge is 0.331 e. The van der Waals surface area contributed by atoms with Crippen LogP contribution in [0.15, 0.2) is 17.5 Å². The Hall–Kier alpha value is -1.60. The zero-order valence-electron chi connectivity index (χ0n) is 11.4. The first-order chi connectivity index (χ1) is 9.47. The Kier molecular flexibility index (Phi) is 4.61. The number of aliphatic carboxylic acids is 1. The highest BCUT2D eigenvalue weighted by Gasteiger charge is 2.29. The first-order valence-corrected chi connectivity index (χ1v) is 7.32. The number of ether oxygens (including phenoxy) is 1. The van der Waals surface area contributed by atoms with Gasteiger partial charge in [0, 0.05) is 18.0 Å². The van der Waals surface area contributed by atoms with E-state index >= 15 is 0 Å². The summed E-state index contributed by atoms with van der Waals surface area (Å²) >= 11 is 1.31. The number of rotatable bonds is 3. The molecule has 1 aliphatic heterocycles. The molecule has 6 nitrogen and oxygen atoms in total. The van der Waals surface area contributed by atoms with Crippen LogP contribution in [0.25, 0.3) is 0 Å². The van der Waals surface area contributed by atoms with E-state index in [0.29, 0.717) is 18.0 Å². The molecule has 0 radical (unpaired) electrons. The Morgan fingerprint density at radius 3 is 2.60 bits per heavy atom. The fourth-order valence-electron chi connectivity index (χ4n) is 2.27. The van der Waals surface area contributed by atoms with Crippen LogP contribution in [0.2, 0.25) is 0 Å². The van der Waals surface area contributed by atoms with Crippen molar-refractivity contribution in [2.45, 2.75) is 32.1 Å². The van der Waals surface area contributed by atoms with Crippen molar-refractivity contribution in [1.82, 2.24) is 10.2 Å². The van der Waals surface area contributed by atoms with Crippen molar-refractivity contribution < 1.29 is 19.4 Å². The Morgan fingerprint density at radius 1 is 1.45 bits per heavy atom. The second kappa shape index (κ2) is 6.23. The molecular weight excluding hydrogens is 280 g/mol. The second-order valence-corrected chi connectivity index (χ2v) is 5.88. The summed E-state index contributed by atoms with van der Waals surface area (Å²) in [6.07, 6.45) is -0.0935. The molecule has 1 aromatic heterocycles. The van der Waals surface area contributed by atoms with Crippen LogP contribution in [0.4, 0.5) is 4.79 Å². The average Bonchev–Trinajstić information content (AvgIpc) is 2.87. The van der Waals surface area contributed by atoms with Crippen LogP contribution in [-0.4, -0.2) is 47.3 Å². The van der Waals surface area contributed by atoms with Crippen molar-refractivity contribution in [1.29, 1.82) is 0 Å². The van der Waals surface area contributed by atoms with Gasteiger partial charge in [-0.3, -0.25) is 0 Å². The molecule has 1 fully saturated rings. The normalized spacial score (nSPS) is 24.2. The van der Waals surface area contributed by atoms with Crippen LogP contribution in [-0.2, 0) is 9.53 Å². The minimum Gasteiger partial charge on any atom is -0.479 e. The molecule has 2 rings (SSSR count). The maximum atomic E-state index is 12.2. The number of amides is 2. The molecule has 1 saturated heterocycles. The highest BCUT2D eigenvalue weighted by Crippen LogP contribution is 2.20. The number of carbonyl (C=O) groups is 2. The van der Waals surface area contributed by atoms with Crippen LogP contribution in [0.3, 0.4) is 0 Å². The third-order valence-electron chi connectivity index (χ3n) is 3.05. The predicted octanol–water partition coefficient (Wildman–Crippen LogP) is 1.69. The van der Waals surface area contributed by atoms with E-state index in [1.54, 1.807) is 22.4 Å². The Bertz CT molecular complexity index is 467. The van der Waals surface area contributed by atoms with Gasteiger partial charge in [0.05, 0.1) is 12.2 Å². The summed E-state index contributed by atoms with van der Waals surface area (Å²) in [7, 11) is 0. The number of urea groups is 1. The predicted molar refractivity (Wildman–Crippen MR) is 74.8 cm³/mol. The Morgan fingerprint density at radius 2 is 2.10 bits per heavy atom. The second-order valence-electron chi connectivity index (χ2n) is 4.90. The molecule has 1 aliphatic rings. The van der Waals surface area contributed by atoms with Crippen LogP contribution < -0.4 is 5.32 Å². The van der Waals surface area contributed by atoms with E-state index < -0.39 is 12.0 Å². The fourth-order valence-corrected chi connectivity index (χ4v) is 3.04. The maximum Gasteiger partial charge on any atom is 0.331 e. The summed E-state index contributed by atoms with van der Waals surface area (Å²) in [5, 5.41) is 13.6. The molecule has 20 heavy (non-hydrogen) atoms. The van der Waals surface area contributed by atoms with Crippen molar-refractivity contribution in [3.8, 4) is 0 Å². The highest BCUT2D eigenvalue weighted by atomic mass is 32.1. The number of morpholine rings is 1. The molecule has 3 unspecified atom stereocenters. The summed E-state index contributed by atoms with van der Waals surface area (Å²) in [5.74, 6) is -1.06. The van der Waals surface area contributed by atoms with Crippen molar-refractivity contribution >= 4 is 23.3 Å². The highest BCUT2D eigenvalue weighted by molar-refractivity contribution is 7.10. The van der Waals surface area contributed by atoms with E-state index in [9.17, 15) is 14.7 Å². The summed E-state index contributed by atoms with van der Waals surface area (Å²) in [5.41, 5.74) is 0. The molecule has 2 N–H and O–H groups in total. The summed E-state index contributed by atoms with van der Waals surface area (Å²) in [4.78, 5) is 25.7. The molecule has 2 amide bonds. The lowest BCUT2D eigenvalue weighted by molar-refractivity contribution is -0.139. The quantitative estimate of drug-likeness (QED) is 0.890. The van der Waals surface area contributed by atoms with Gasteiger partial charge in [0.2, 0.25) is 0 Å². The number of hydrogen-bond donors (Lipinski definition) is 2. The number of carboxylic acids is 1.